The van der Waals surface area contributed by atoms with Gasteiger partial charge in [-0.05, 0) is 37.5 Å². The van der Waals surface area contributed by atoms with E-state index in [1.54, 1.807) is 6.08 Å². The van der Waals surface area contributed by atoms with Gasteiger partial charge in [-0.15, -0.1) is 0 Å². The van der Waals surface area contributed by atoms with E-state index in [4.69, 9.17) is 4.74 Å². The Balaban J connectivity index is 1.52. The van der Waals surface area contributed by atoms with Crippen LogP contribution in [0, 0.1) is 6.92 Å². The Hall–Kier alpha value is -3.08. The molecule has 5 heteroatoms. The first-order chi connectivity index (χ1) is 14.1. The van der Waals surface area contributed by atoms with Gasteiger partial charge in [0.2, 0.25) is 0 Å². The number of aryl methyl sites for hydroxylation is 1. The van der Waals surface area contributed by atoms with Crippen LogP contribution in [0.5, 0.6) is 5.75 Å². The molecule has 0 aromatic heterocycles. The predicted octanol–water partition coefficient (Wildman–Crippen LogP) is 4.80. The standard InChI is InChI=1S/C24H26N2O3/c1-17-8-7-9-18(14-17)16-29-22-13-6-5-10-19(22)15-21-23(27)26(24(28)25-21)20-11-3-2-4-12-20/h5-10,13-15,20H,2-4,11-12,16H2,1H3,(H,25,28)/b21-15-. The van der Waals surface area contributed by atoms with Crippen LogP contribution in [0.2, 0.25) is 0 Å². The zero-order valence-corrected chi connectivity index (χ0v) is 16.7. The fourth-order valence-corrected chi connectivity index (χ4v) is 4.07. The number of nitrogens with one attached hydrogen (secondary N) is 1. The van der Waals surface area contributed by atoms with E-state index in [0.717, 1.165) is 36.8 Å². The maximum atomic E-state index is 12.9. The topological polar surface area (TPSA) is 58.6 Å². The molecule has 150 valence electrons. The van der Waals surface area contributed by atoms with Crippen LogP contribution in [0.3, 0.4) is 0 Å². The molecule has 1 aliphatic carbocycles. The molecule has 2 fully saturated rings. The third kappa shape index (κ3) is 4.34. The number of rotatable bonds is 5. The van der Waals surface area contributed by atoms with Crippen LogP contribution in [0.1, 0.15) is 48.8 Å². The number of benzene rings is 2. The molecule has 5 nitrogen and oxygen atoms in total. The minimum absolute atomic E-state index is 0.00923. The van der Waals surface area contributed by atoms with E-state index >= 15 is 0 Å². The lowest BCUT2D eigenvalue weighted by molar-refractivity contribution is -0.124. The fraction of sp³-hybridized carbons (Fsp3) is 0.333. The monoisotopic (exact) mass is 390 g/mol. The SMILES string of the molecule is Cc1cccc(COc2ccccc2/C=C2\NC(=O)N(C3CCCCC3)C2=O)c1. The van der Waals surface area contributed by atoms with Gasteiger partial charge in [0.15, 0.2) is 0 Å². The lowest BCUT2D eigenvalue weighted by Crippen LogP contribution is -2.41. The van der Waals surface area contributed by atoms with Gasteiger partial charge in [0.25, 0.3) is 5.91 Å². The Morgan fingerprint density at radius 1 is 1.07 bits per heavy atom. The molecular weight excluding hydrogens is 364 g/mol. The largest absolute Gasteiger partial charge is 0.488 e. The second kappa shape index (κ2) is 8.52. The Morgan fingerprint density at radius 2 is 1.86 bits per heavy atom. The highest BCUT2D eigenvalue weighted by Gasteiger charge is 2.39. The van der Waals surface area contributed by atoms with Crippen LogP contribution in [-0.4, -0.2) is 22.9 Å². The summed E-state index contributed by atoms with van der Waals surface area (Å²) in [5, 5.41) is 2.75. The summed E-state index contributed by atoms with van der Waals surface area (Å²) in [4.78, 5) is 26.7. The molecule has 0 unspecified atom stereocenters. The minimum Gasteiger partial charge on any atom is -0.488 e. The van der Waals surface area contributed by atoms with Crippen molar-refractivity contribution in [2.45, 2.75) is 51.7 Å². The zero-order chi connectivity index (χ0) is 20.2. The summed E-state index contributed by atoms with van der Waals surface area (Å²) in [6.07, 6.45) is 6.81. The van der Waals surface area contributed by atoms with Crippen LogP contribution in [0.4, 0.5) is 4.79 Å². The third-order valence-electron chi connectivity index (χ3n) is 5.55. The summed E-state index contributed by atoms with van der Waals surface area (Å²) in [6.45, 7) is 2.49. The average Bonchev–Trinajstić information content (AvgIpc) is 3.01. The number of ether oxygens (including phenoxy) is 1. The molecule has 1 saturated carbocycles. The Morgan fingerprint density at radius 3 is 2.66 bits per heavy atom. The van der Waals surface area contributed by atoms with Crippen molar-refractivity contribution in [2.24, 2.45) is 0 Å². The van der Waals surface area contributed by atoms with E-state index in [0.29, 0.717) is 18.1 Å². The molecule has 0 bridgehead atoms. The van der Waals surface area contributed by atoms with Gasteiger partial charge in [-0.3, -0.25) is 9.69 Å². The molecule has 0 spiro atoms. The molecule has 3 amide bonds. The Labute approximate surface area is 171 Å². The quantitative estimate of drug-likeness (QED) is 0.589. The first-order valence-electron chi connectivity index (χ1n) is 10.3. The van der Waals surface area contributed by atoms with E-state index in [2.05, 4.69) is 11.4 Å². The van der Waals surface area contributed by atoms with Crippen LogP contribution >= 0.6 is 0 Å². The number of carbonyl (C=O) groups excluding carboxylic acids is 2. The average molecular weight is 390 g/mol. The number of hydrogen-bond acceptors (Lipinski definition) is 3. The van der Waals surface area contributed by atoms with Crippen molar-refractivity contribution in [3.63, 3.8) is 0 Å². The molecule has 4 rings (SSSR count). The Kier molecular flexibility index (Phi) is 5.65. The highest BCUT2D eigenvalue weighted by Crippen LogP contribution is 2.28. The molecule has 1 N–H and O–H groups in total. The van der Waals surface area contributed by atoms with Crippen LogP contribution < -0.4 is 10.1 Å². The van der Waals surface area contributed by atoms with Gasteiger partial charge < -0.3 is 10.1 Å². The zero-order valence-electron chi connectivity index (χ0n) is 16.7. The molecule has 0 radical (unpaired) electrons. The first kappa shape index (κ1) is 19.2. The van der Waals surface area contributed by atoms with E-state index in [-0.39, 0.29) is 18.0 Å². The highest BCUT2D eigenvalue weighted by atomic mass is 16.5. The van der Waals surface area contributed by atoms with E-state index < -0.39 is 0 Å². The number of para-hydroxylation sites is 1. The van der Waals surface area contributed by atoms with Gasteiger partial charge in [0.05, 0.1) is 0 Å². The van der Waals surface area contributed by atoms with Gasteiger partial charge in [0.1, 0.15) is 18.1 Å². The van der Waals surface area contributed by atoms with Gasteiger partial charge in [-0.1, -0.05) is 67.3 Å². The summed E-state index contributed by atoms with van der Waals surface area (Å²) in [5.74, 6) is 0.440. The van der Waals surface area contributed by atoms with Crippen molar-refractivity contribution in [2.75, 3.05) is 0 Å². The molecule has 0 atom stereocenters. The van der Waals surface area contributed by atoms with Gasteiger partial charge in [-0.2, -0.15) is 0 Å². The normalized spacial score (nSPS) is 18.9. The third-order valence-corrected chi connectivity index (χ3v) is 5.55. The van der Waals surface area contributed by atoms with Crippen molar-refractivity contribution >= 4 is 18.0 Å². The minimum atomic E-state index is -0.314. The molecule has 29 heavy (non-hydrogen) atoms. The molecular formula is C24H26N2O3. The number of carbonyl (C=O) groups is 2. The van der Waals surface area contributed by atoms with Crippen LogP contribution in [-0.2, 0) is 11.4 Å². The summed E-state index contributed by atoms with van der Waals surface area (Å²) >= 11 is 0. The number of imide groups is 1. The van der Waals surface area contributed by atoms with Crippen molar-refractivity contribution in [3.8, 4) is 5.75 Å². The number of amides is 3. The molecule has 2 aromatic rings. The van der Waals surface area contributed by atoms with Gasteiger partial charge >= 0.3 is 6.03 Å². The van der Waals surface area contributed by atoms with Gasteiger partial charge in [0, 0.05) is 11.6 Å². The van der Waals surface area contributed by atoms with E-state index in [9.17, 15) is 9.59 Å². The Bertz CT molecular complexity index is 945. The van der Waals surface area contributed by atoms with Crippen LogP contribution in [0.25, 0.3) is 6.08 Å². The highest BCUT2D eigenvalue weighted by molar-refractivity contribution is 6.14. The fourth-order valence-electron chi connectivity index (χ4n) is 4.07. The summed E-state index contributed by atoms with van der Waals surface area (Å²) < 4.78 is 6.01. The summed E-state index contributed by atoms with van der Waals surface area (Å²) in [5.41, 5.74) is 3.35. The molecule has 1 saturated heterocycles. The predicted molar refractivity (Wildman–Crippen MR) is 112 cm³/mol. The lowest BCUT2D eigenvalue weighted by atomic mass is 9.94. The van der Waals surface area contributed by atoms with Crippen molar-refractivity contribution in [1.29, 1.82) is 0 Å². The second-order valence-corrected chi connectivity index (χ2v) is 7.77. The summed E-state index contributed by atoms with van der Waals surface area (Å²) in [7, 11) is 0. The number of nitrogens with zero attached hydrogens (tertiary/aromatic N) is 1. The van der Waals surface area contributed by atoms with Crippen LogP contribution in [0.15, 0.2) is 54.2 Å². The summed E-state index contributed by atoms with van der Waals surface area (Å²) in [6, 6.07) is 15.4. The molecule has 2 aromatic carbocycles. The first-order valence-corrected chi connectivity index (χ1v) is 10.3. The maximum absolute atomic E-state index is 12.9. The van der Waals surface area contributed by atoms with Gasteiger partial charge in [-0.25, -0.2) is 4.79 Å². The molecule has 2 aliphatic rings. The number of hydrogen-bond donors (Lipinski definition) is 1. The lowest BCUT2D eigenvalue weighted by Gasteiger charge is -2.28. The number of urea groups is 1. The van der Waals surface area contributed by atoms with E-state index in [1.165, 1.54) is 16.9 Å². The smallest absolute Gasteiger partial charge is 0.329 e. The molecule has 1 heterocycles. The van der Waals surface area contributed by atoms with E-state index in [1.807, 2.05) is 49.4 Å². The molecule has 1 aliphatic heterocycles. The van der Waals surface area contributed by atoms with Crippen molar-refractivity contribution < 1.29 is 14.3 Å². The van der Waals surface area contributed by atoms with Crippen molar-refractivity contribution in [3.05, 3.63) is 70.9 Å². The maximum Gasteiger partial charge on any atom is 0.329 e. The second-order valence-electron chi connectivity index (χ2n) is 7.77. The van der Waals surface area contributed by atoms with Crippen molar-refractivity contribution in [1.82, 2.24) is 10.2 Å².